The summed E-state index contributed by atoms with van der Waals surface area (Å²) >= 11 is 5.87. The Hall–Kier alpha value is -2.02. The Morgan fingerprint density at radius 3 is 2.67 bits per heavy atom. The Bertz CT molecular complexity index is 542. The number of amides is 2. The SMILES string of the molecule is CCCn1cc(Cl)cc1C(=O)N[C@H](CCC(N)=O)C(=O)O. The molecule has 4 N–H and O–H groups in total. The number of aliphatic carboxylic acids is 1. The van der Waals surface area contributed by atoms with E-state index in [1.807, 2.05) is 6.92 Å². The molecule has 1 aromatic heterocycles. The highest BCUT2D eigenvalue weighted by molar-refractivity contribution is 6.31. The van der Waals surface area contributed by atoms with E-state index >= 15 is 0 Å². The van der Waals surface area contributed by atoms with E-state index in [4.69, 9.17) is 22.4 Å². The highest BCUT2D eigenvalue weighted by atomic mass is 35.5. The van der Waals surface area contributed by atoms with Crippen molar-refractivity contribution in [2.45, 2.75) is 38.8 Å². The molecule has 0 aromatic carbocycles. The van der Waals surface area contributed by atoms with E-state index in [-0.39, 0.29) is 18.5 Å². The molecule has 0 fully saturated rings. The molecule has 0 aliphatic rings. The molecule has 0 aliphatic carbocycles. The molecule has 7 nitrogen and oxygen atoms in total. The van der Waals surface area contributed by atoms with E-state index in [1.165, 1.54) is 6.07 Å². The Labute approximate surface area is 127 Å². The van der Waals surface area contributed by atoms with E-state index in [0.717, 1.165) is 6.42 Å². The van der Waals surface area contributed by atoms with Gasteiger partial charge in [0.25, 0.3) is 5.91 Å². The van der Waals surface area contributed by atoms with Crippen molar-refractivity contribution in [1.29, 1.82) is 0 Å². The maximum absolute atomic E-state index is 12.1. The number of nitrogens with zero attached hydrogens (tertiary/aromatic N) is 1. The standard InChI is InChI=1S/C13H18ClN3O4/c1-2-5-17-7-8(14)6-10(17)12(19)16-9(13(20)21)3-4-11(15)18/h6-7,9H,2-5H2,1H3,(H2,15,18)(H,16,19)(H,20,21)/t9-/m1/s1. The molecule has 0 aliphatic heterocycles. The minimum absolute atomic E-state index is 0.0569. The van der Waals surface area contributed by atoms with Gasteiger partial charge < -0.3 is 20.7 Å². The van der Waals surface area contributed by atoms with Gasteiger partial charge in [0, 0.05) is 19.2 Å². The first-order valence-electron chi connectivity index (χ1n) is 6.52. The molecule has 1 rings (SSSR count). The average molecular weight is 316 g/mol. The monoisotopic (exact) mass is 315 g/mol. The second-order valence-electron chi connectivity index (χ2n) is 4.61. The van der Waals surface area contributed by atoms with E-state index in [2.05, 4.69) is 5.32 Å². The van der Waals surface area contributed by atoms with Gasteiger partial charge in [0.1, 0.15) is 11.7 Å². The molecule has 1 aromatic rings. The molecule has 0 bridgehead atoms. The molecule has 8 heteroatoms. The first-order chi connectivity index (χ1) is 9.85. The third kappa shape index (κ3) is 5.11. The molecule has 0 saturated heterocycles. The van der Waals surface area contributed by atoms with Crippen LogP contribution in [0.1, 0.15) is 36.7 Å². The van der Waals surface area contributed by atoms with E-state index in [0.29, 0.717) is 11.6 Å². The summed E-state index contributed by atoms with van der Waals surface area (Å²) in [6.45, 7) is 2.54. The van der Waals surface area contributed by atoms with Gasteiger partial charge in [-0.3, -0.25) is 9.59 Å². The van der Waals surface area contributed by atoms with Gasteiger partial charge >= 0.3 is 5.97 Å². The largest absolute Gasteiger partial charge is 0.480 e. The second kappa shape index (κ2) is 7.68. The first-order valence-corrected chi connectivity index (χ1v) is 6.90. The van der Waals surface area contributed by atoms with Crippen LogP contribution in [0.15, 0.2) is 12.3 Å². The van der Waals surface area contributed by atoms with Crippen LogP contribution in [0.4, 0.5) is 0 Å². The number of primary amides is 1. The van der Waals surface area contributed by atoms with Gasteiger partial charge in [-0.05, 0) is 18.9 Å². The summed E-state index contributed by atoms with van der Waals surface area (Å²) in [5.74, 6) is -2.38. The summed E-state index contributed by atoms with van der Waals surface area (Å²) in [7, 11) is 0. The smallest absolute Gasteiger partial charge is 0.326 e. The second-order valence-corrected chi connectivity index (χ2v) is 5.04. The summed E-state index contributed by atoms with van der Waals surface area (Å²) in [5.41, 5.74) is 5.27. The highest BCUT2D eigenvalue weighted by Crippen LogP contribution is 2.15. The molecule has 1 atom stereocenters. The van der Waals surface area contributed by atoms with E-state index < -0.39 is 23.8 Å². The quantitative estimate of drug-likeness (QED) is 0.663. The predicted molar refractivity (Wildman–Crippen MR) is 77.1 cm³/mol. The molecular weight excluding hydrogens is 298 g/mol. The van der Waals surface area contributed by atoms with Crippen molar-refractivity contribution >= 4 is 29.4 Å². The molecule has 1 heterocycles. The van der Waals surface area contributed by atoms with Gasteiger partial charge in [0.15, 0.2) is 0 Å². The lowest BCUT2D eigenvalue weighted by molar-refractivity contribution is -0.139. The number of rotatable bonds is 8. The number of carboxylic acids is 1. The van der Waals surface area contributed by atoms with Crippen LogP contribution in [0.25, 0.3) is 0 Å². The number of nitrogens with two attached hydrogens (primary N) is 1. The van der Waals surface area contributed by atoms with Gasteiger partial charge in [-0.1, -0.05) is 18.5 Å². The summed E-state index contributed by atoms with van der Waals surface area (Å²) in [4.78, 5) is 34.0. The lowest BCUT2D eigenvalue weighted by Gasteiger charge is -2.14. The van der Waals surface area contributed by atoms with Gasteiger partial charge in [0.2, 0.25) is 5.91 Å². The van der Waals surface area contributed by atoms with Crippen molar-refractivity contribution < 1.29 is 19.5 Å². The summed E-state index contributed by atoms with van der Waals surface area (Å²) in [6, 6.07) is 0.299. The molecule has 116 valence electrons. The normalized spacial score (nSPS) is 11.9. The summed E-state index contributed by atoms with van der Waals surface area (Å²) in [5, 5.41) is 11.8. The lowest BCUT2D eigenvalue weighted by atomic mass is 10.1. The van der Waals surface area contributed by atoms with Crippen molar-refractivity contribution in [2.24, 2.45) is 5.73 Å². The number of halogens is 1. The minimum atomic E-state index is -1.22. The number of carboxylic acid groups (broad SMARTS) is 1. The van der Waals surface area contributed by atoms with Crippen LogP contribution in [0.3, 0.4) is 0 Å². The number of aryl methyl sites for hydroxylation is 1. The Morgan fingerprint density at radius 1 is 1.48 bits per heavy atom. The maximum atomic E-state index is 12.1. The zero-order chi connectivity index (χ0) is 16.0. The van der Waals surface area contributed by atoms with Crippen LogP contribution in [-0.2, 0) is 16.1 Å². The fourth-order valence-electron chi connectivity index (χ4n) is 1.87. The number of aromatic nitrogens is 1. The fraction of sp³-hybridized carbons (Fsp3) is 0.462. The van der Waals surface area contributed by atoms with Crippen molar-refractivity contribution in [1.82, 2.24) is 9.88 Å². The number of hydrogen-bond acceptors (Lipinski definition) is 3. The molecular formula is C13H18ClN3O4. The topological polar surface area (TPSA) is 114 Å². The Morgan fingerprint density at radius 2 is 2.14 bits per heavy atom. The van der Waals surface area contributed by atoms with Gasteiger partial charge in [-0.15, -0.1) is 0 Å². The minimum Gasteiger partial charge on any atom is -0.480 e. The van der Waals surface area contributed by atoms with Crippen LogP contribution in [0.5, 0.6) is 0 Å². The number of carbonyl (C=O) groups is 3. The number of hydrogen-bond donors (Lipinski definition) is 3. The van der Waals surface area contributed by atoms with E-state index in [1.54, 1.807) is 10.8 Å². The Kier molecular flexibility index (Phi) is 6.23. The van der Waals surface area contributed by atoms with Crippen LogP contribution in [-0.4, -0.2) is 33.5 Å². The van der Waals surface area contributed by atoms with Gasteiger partial charge in [-0.2, -0.15) is 0 Å². The Balaban J connectivity index is 2.81. The van der Waals surface area contributed by atoms with Crippen molar-refractivity contribution in [3.8, 4) is 0 Å². The zero-order valence-corrected chi connectivity index (χ0v) is 12.4. The number of carbonyl (C=O) groups excluding carboxylic acids is 2. The lowest BCUT2D eigenvalue weighted by Crippen LogP contribution is -2.42. The first kappa shape index (κ1) is 17.0. The fourth-order valence-corrected chi connectivity index (χ4v) is 2.09. The molecule has 0 spiro atoms. The van der Waals surface area contributed by atoms with Gasteiger partial charge in [0.05, 0.1) is 5.02 Å². The van der Waals surface area contributed by atoms with Crippen LogP contribution < -0.4 is 11.1 Å². The molecule has 21 heavy (non-hydrogen) atoms. The molecule has 0 radical (unpaired) electrons. The molecule has 0 saturated carbocycles. The highest BCUT2D eigenvalue weighted by Gasteiger charge is 2.23. The average Bonchev–Trinajstić information content (AvgIpc) is 2.75. The zero-order valence-electron chi connectivity index (χ0n) is 11.6. The third-order valence-corrected chi connectivity index (χ3v) is 3.05. The predicted octanol–water partition coefficient (Wildman–Crippen LogP) is 1.000. The van der Waals surface area contributed by atoms with Crippen LogP contribution in [0.2, 0.25) is 5.02 Å². The van der Waals surface area contributed by atoms with Crippen molar-refractivity contribution in [3.63, 3.8) is 0 Å². The van der Waals surface area contributed by atoms with E-state index in [9.17, 15) is 14.4 Å². The van der Waals surface area contributed by atoms with Crippen LogP contribution >= 0.6 is 11.6 Å². The summed E-state index contributed by atoms with van der Waals surface area (Å²) in [6.07, 6.45) is 2.24. The van der Waals surface area contributed by atoms with Crippen molar-refractivity contribution in [2.75, 3.05) is 0 Å². The summed E-state index contributed by atoms with van der Waals surface area (Å²) < 4.78 is 1.66. The van der Waals surface area contributed by atoms with Crippen LogP contribution in [0, 0.1) is 0 Å². The third-order valence-electron chi connectivity index (χ3n) is 2.84. The maximum Gasteiger partial charge on any atom is 0.326 e. The van der Waals surface area contributed by atoms with Gasteiger partial charge in [-0.25, -0.2) is 4.79 Å². The van der Waals surface area contributed by atoms with Crippen molar-refractivity contribution in [3.05, 3.63) is 23.0 Å². The number of nitrogens with one attached hydrogen (secondary N) is 1. The molecule has 2 amide bonds. The molecule has 0 unspecified atom stereocenters.